The highest BCUT2D eigenvalue weighted by Gasteiger charge is 2.26. The van der Waals surface area contributed by atoms with Gasteiger partial charge in [0.25, 0.3) is 0 Å². The van der Waals surface area contributed by atoms with Crippen molar-refractivity contribution in [3.8, 4) is 0 Å². The average Bonchev–Trinajstić information content (AvgIpc) is 2.59. The second-order valence-corrected chi connectivity index (χ2v) is 5.31. The fraction of sp³-hybridized carbons (Fsp3) is 0.235. The van der Waals surface area contributed by atoms with Crippen molar-refractivity contribution in [3.05, 3.63) is 48.2 Å². The molecule has 0 radical (unpaired) electrons. The standard InChI is InChI=1S/C17H17N3O3/c18-17(22)15-11-20(9-10-23-15)16(21)8-7-13-6-5-12-3-1-2-4-14(12)19-13/h1-8,15H,9-11H2,(H2,18,22)/b8-7+. The minimum absolute atomic E-state index is 0.184. The Labute approximate surface area is 133 Å². The van der Waals surface area contributed by atoms with Gasteiger partial charge in [-0.25, -0.2) is 4.98 Å². The molecule has 2 heterocycles. The minimum Gasteiger partial charge on any atom is -0.367 e. The molecule has 1 aliphatic rings. The molecule has 0 spiro atoms. The molecule has 1 fully saturated rings. The van der Waals surface area contributed by atoms with Gasteiger partial charge in [0.2, 0.25) is 11.8 Å². The van der Waals surface area contributed by atoms with E-state index < -0.39 is 12.0 Å². The second-order valence-electron chi connectivity index (χ2n) is 5.31. The SMILES string of the molecule is NC(=O)C1CN(C(=O)/C=C/c2ccc3ccccc3n2)CCO1. The summed E-state index contributed by atoms with van der Waals surface area (Å²) in [7, 11) is 0. The maximum absolute atomic E-state index is 12.2. The number of hydrogen-bond acceptors (Lipinski definition) is 4. The average molecular weight is 311 g/mol. The number of pyridine rings is 1. The number of morpholine rings is 1. The number of benzene rings is 1. The fourth-order valence-corrected chi connectivity index (χ4v) is 2.46. The van der Waals surface area contributed by atoms with Crippen molar-refractivity contribution >= 4 is 28.8 Å². The Balaban J connectivity index is 1.70. The number of rotatable bonds is 3. The zero-order valence-corrected chi connectivity index (χ0v) is 12.5. The van der Waals surface area contributed by atoms with Crippen LogP contribution in [0.15, 0.2) is 42.5 Å². The van der Waals surface area contributed by atoms with Crippen molar-refractivity contribution in [2.75, 3.05) is 19.7 Å². The van der Waals surface area contributed by atoms with Crippen molar-refractivity contribution in [2.24, 2.45) is 5.73 Å². The number of para-hydroxylation sites is 1. The van der Waals surface area contributed by atoms with E-state index in [1.165, 1.54) is 6.08 Å². The lowest BCUT2D eigenvalue weighted by atomic mass is 10.2. The third kappa shape index (κ3) is 3.54. The van der Waals surface area contributed by atoms with E-state index in [-0.39, 0.29) is 12.5 Å². The van der Waals surface area contributed by atoms with Gasteiger partial charge in [-0.2, -0.15) is 0 Å². The van der Waals surface area contributed by atoms with Gasteiger partial charge in [0.05, 0.1) is 24.4 Å². The van der Waals surface area contributed by atoms with Gasteiger partial charge >= 0.3 is 0 Å². The van der Waals surface area contributed by atoms with E-state index in [0.29, 0.717) is 18.8 Å². The van der Waals surface area contributed by atoms with Gasteiger partial charge in [0.1, 0.15) is 0 Å². The topological polar surface area (TPSA) is 85.5 Å². The molecule has 1 aromatic carbocycles. The lowest BCUT2D eigenvalue weighted by Crippen LogP contribution is -2.50. The van der Waals surface area contributed by atoms with Crippen LogP contribution in [0.5, 0.6) is 0 Å². The third-order valence-corrected chi connectivity index (χ3v) is 3.71. The molecule has 118 valence electrons. The first-order chi connectivity index (χ1) is 11.1. The number of fused-ring (bicyclic) bond motifs is 1. The van der Waals surface area contributed by atoms with Gasteiger partial charge in [0.15, 0.2) is 6.10 Å². The molecular weight excluding hydrogens is 294 g/mol. The Hall–Kier alpha value is -2.73. The minimum atomic E-state index is -0.736. The van der Waals surface area contributed by atoms with E-state index in [1.54, 1.807) is 11.0 Å². The molecule has 6 nitrogen and oxygen atoms in total. The number of hydrogen-bond donors (Lipinski definition) is 1. The highest BCUT2D eigenvalue weighted by molar-refractivity contribution is 5.92. The van der Waals surface area contributed by atoms with E-state index in [9.17, 15) is 9.59 Å². The number of carbonyl (C=O) groups excluding carboxylic acids is 2. The number of nitrogens with zero attached hydrogens (tertiary/aromatic N) is 2. The summed E-state index contributed by atoms with van der Waals surface area (Å²) in [5.74, 6) is -0.739. The summed E-state index contributed by atoms with van der Waals surface area (Å²) in [4.78, 5) is 29.4. The van der Waals surface area contributed by atoms with E-state index >= 15 is 0 Å². The molecule has 23 heavy (non-hydrogen) atoms. The summed E-state index contributed by atoms with van der Waals surface area (Å²) < 4.78 is 5.23. The molecule has 1 atom stereocenters. The first-order valence-electron chi connectivity index (χ1n) is 7.37. The lowest BCUT2D eigenvalue weighted by molar-refractivity contribution is -0.142. The summed E-state index contributed by atoms with van der Waals surface area (Å²) in [6.07, 6.45) is 2.39. The smallest absolute Gasteiger partial charge is 0.248 e. The highest BCUT2D eigenvalue weighted by Crippen LogP contribution is 2.13. The van der Waals surface area contributed by atoms with Crippen molar-refractivity contribution in [2.45, 2.75) is 6.10 Å². The number of carbonyl (C=O) groups is 2. The Morgan fingerprint density at radius 1 is 1.26 bits per heavy atom. The third-order valence-electron chi connectivity index (χ3n) is 3.71. The predicted octanol–water partition coefficient (Wildman–Crippen LogP) is 0.961. The van der Waals surface area contributed by atoms with Crippen LogP contribution in [0, 0.1) is 0 Å². The molecule has 0 bridgehead atoms. The summed E-state index contributed by atoms with van der Waals surface area (Å²) >= 11 is 0. The normalized spacial score (nSPS) is 18.4. The molecule has 2 aromatic rings. The lowest BCUT2D eigenvalue weighted by Gasteiger charge is -2.30. The van der Waals surface area contributed by atoms with E-state index in [1.807, 2.05) is 36.4 Å². The summed E-state index contributed by atoms with van der Waals surface area (Å²) in [5.41, 5.74) is 6.80. The van der Waals surface area contributed by atoms with Crippen molar-refractivity contribution < 1.29 is 14.3 Å². The molecule has 2 amide bonds. The molecule has 1 unspecified atom stereocenters. The summed E-state index contributed by atoms with van der Waals surface area (Å²) in [5, 5.41) is 1.05. The van der Waals surface area contributed by atoms with E-state index in [4.69, 9.17) is 10.5 Å². The van der Waals surface area contributed by atoms with Crippen LogP contribution in [0.4, 0.5) is 0 Å². The fourth-order valence-electron chi connectivity index (χ4n) is 2.46. The number of ether oxygens (including phenoxy) is 1. The number of nitrogens with two attached hydrogens (primary N) is 1. The second kappa shape index (κ2) is 6.58. The molecule has 0 saturated carbocycles. The van der Waals surface area contributed by atoms with Crippen LogP contribution in [0.2, 0.25) is 0 Å². The molecule has 0 aliphatic carbocycles. The molecule has 1 aromatic heterocycles. The van der Waals surface area contributed by atoms with Crippen LogP contribution in [-0.2, 0) is 14.3 Å². The molecule has 1 aliphatic heterocycles. The van der Waals surface area contributed by atoms with Crippen LogP contribution in [0.1, 0.15) is 5.69 Å². The van der Waals surface area contributed by atoms with Crippen LogP contribution < -0.4 is 5.73 Å². The summed E-state index contributed by atoms with van der Waals surface area (Å²) in [6, 6.07) is 11.6. The first-order valence-corrected chi connectivity index (χ1v) is 7.37. The van der Waals surface area contributed by atoms with E-state index in [2.05, 4.69) is 4.98 Å². The van der Waals surface area contributed by atoms with Gasteiger partial charge in [-0.15, -0.1) is 0 Å². The zero-order chi connectivity index (χ0) is 16.2. The van der Waals surface area contributed by atoms with Crippen LogP contribution in [0.25, 0.3) is 17.0 Å². The van der Waals surface area contributed by atoms with Gasteiger partial charge in [-0.3, -0.25) is 9.59 Å². The largest absolute Gasteiger partial charge is 0.367 e. The van der Waals surface area contributed by atoms with Crippen molar-refractivity contribution in [3.63, 3.8) is 0 Å². The Bertz CT molecular complexity index is 773. The Kier molecular flexibility index (Phi) is 4.34. The maximum Gasteiger partial charge on any atom is 0.248 e. The van der Waals surface area contributed by atoms with Crippen LogP contribution >= 0.6 is 0 Å². The summed E-state index contributed by atoms with van der Waals surface area (Å²) in [6.45, 7) is 0.934. The van der Waals surface area contributed by atoms with E-state index in [0.717, 1.165) is 10.9 Å². The quantitative estimate of drug-likeness (QED) is 0.856. The van der Waals surface area contributed by atoms with Gasteiger partial charge in [-0.1, -0.05) is 24.3 Å². The Morgan fingerprint density at radius 2 is 2.09 bits per heavy atom. The molecular formula is C17H17N3O3. The van der Waals surface area contributed by atoms with Crippen LogP contribution in [-0.4, -0.2) is 47.5 Å². The van der Waals surface area contributed by atoms with Crippen molar-refractivity contribution in [1.82, 2.24) is 9.88 Å². The molecule has 2 N–H and O–H groups in total. The number of primary amides is 1. The predicted molar refractivity (Wildman–Crippen MR) is 86.3 cm³/mol. The zero-order valence-electron chi connectivity index (χ0n) is 12.5. The monoisotopic (exact) mass is 311 g/mol. The Morgan fingerprint density at radius 3 is 2.91 bits per heavy atom. The number of amides is 2. The molecule has 6 heteroatoms. The molecule has 1 saturated heterocycles. The van der Waals surface area contributed by atoms with Gasteiger partial charge in [0, 0.05) is 18.0 Å². The van der Waals surface area contributed by atoms with Gasteiger partial charge < -0.3 is 15.4 Å². The molecule has 3 rings (SSSR count). The highest BCUT2D eigenvalue weighted by atomic mass is 16.5. The first kappa shape index (κ1) is 15.2. The number of aromatic nitrogens is 1. The maximum atomic E-state index is 12.2. The van der Waals surface area contributed by atoms with Crippen molar-refractivity contribution in [1.29, 1.82) is 0 Å². The van der Waals surface area contributed by atoms with Gasteiger partial charge in [-0.05, 0) is 18.2 Å². The van der Waals surface area contributed by atoms with Crippen LogP contribution in [0.3, 0.4) is 0 Å².